The first-order valence-corrected chi connectivity index (χ1v) is 6.02. The number of carboxylic acid groups (broad SMARTS) is 1. The minimum absolute atomic E-state index is 0.773. The van der Waals surface area contributed by atoms with Gasteiger partial charge in [-0.2, -0.15) is 0 Å². The van der Waals surface area contributed by atoms with Crippen LogP contribution in [0.2, 0.25) is 0 Å². The molecule has 82 valence electrons. The van der Waals surface area contributed by atoms with Gasteiger partial charge in [0.15, 0.2) is 0 Å². The van der Waals surface area contributed by atoms with Crippen LogP contribution in [0.25, 0.3) is 0 Å². The van der Waals surface area contributed by atoms with Crippen molar-refractivity contribution >= 4 is 21.9 Å². The predicted octanol–water partition coefficient (Wildman–Crippen LogP) is 2.76. The third-order valence-electron chi connectivity index (χ3n) is 2.72. The maximum atomic E-state index is 10.4. The average molecular weight is 279 g/mol. The number of carbonyl (C=O) groups is 1. The third kappa shape index (κ3) is 2.45. The molecule has 3 heteroatoms. The second-order valence-corrected chi connectivity index (χ2v) is 4.71. The smallest absolute Gasteiger partial charge is 0.382 e. The van der Waals surface area contributed by atoms with Gasteiger partial charge in [-0.25, -0.2) is 4.79 Å². The quantitative estimate of drug-likeness (QED) is 0.741. The summed E-state index contributed by atoms with van der Waals surface area (Å²) in [5.41, 5.74) is 3.43. The minimum atomic E-state index is -1.09. The summed E-state index contributed by atoms with van der Waals surface area (Å²) in [6.07, 6.45) is 4.60. The number of carboxylic acids is 1. The Kier molecular flexibility index (Phi) is 3.31. The molecule has 1 aromatic carbocycles. The van der Waals surface area contributed by atoms with Gasteiger partial charge in [-0.15, -0.1) is 0 Å². The Hall–Kier alpha value is -1.27. The number of halogens is 1. The molecule has 0 atom stereocenters. The van der Waals surface area contributed by atoms with Gasteiger partial charge in [0, 0.05) is 16.0 Å². The number of hydrogen-bond donors (Lipinski definition) is 1. The fraction of sp³-hybridized carbons (Fsp3) is 0.308. The Morgan fingerprint density at radius 3 is 2.81 bits per heavy atom. The standard InChI is InChI=1S/C13H11BrO2/c14-12-8-9(5-6-13(15)16)7-10-3-1-2-4-11(10)12/h7-8H,1-4H2,(H,15,16). The van der Waals surface area contributed by atoms with Gasteiger partial charge in [-0.05, 0) is 48.9 Å². The molecule has 1 aromatic rings. The van der Waals surface area contributed by atoms with E-state index in [1.54, 1.807) is 0 Å². The van der Waals surface area contributed by atoms with Gasteiger partial charge in [0.1, 0.15) is 0 Å². The zero-order chi connectivity index (χ0) is 11.5. The van der Waals surface area contributed by atoms with Gasteiger partial charge in [-0.3, -0.25) is 0 Å². The molecule has 0 aromatic heterocycles. The summed E-state index contributed by atoms with van der Waals surface area (Å²) < 4.78 is 1.05. The third-order valence-corrected chi connectivity index (χ3v) is 3.43. The molecule has 0 saturated heterocycles. The van der Waals surface area contributed by atoms with Crippen molar-refractivity contribution in [1.82, 2.24) is 0 Å². The molecule has 0 amide bonds. The van der Waals surface area contributed by atoms with Crippen LogP contribution in [0.5, 0.6) is 0 Å². The van der Waals surface area contributed by atoms with Crippen LogP contribution in [0.15, 0.2) is 16.6 Å². The van der Waals surface area contributed by atoms with Crippen LogP contribution in [0, 0.1) is 11.8 Å². The summed E-state index contributed by atoms with van der Waals surface area (Å²) >= 11 is 3.52. The van der Waals surface area contributed by atoms with Crippen molar-refractivity contribution in [3.8, 4) is 11.8 Å². The molecule has 0 spiro atoms. The van der Waals surface area contributed by atoms with Gasteiger partial charge in [0.05, 0.1) is 0 Å². The Morgan fingerprint density at radius 2 is 2.06 bits per heavy atom. The Labute approximate surface area is 103 Å². The van der Waals surface area contributed by atoms with Crippen LogP contribution in [-0.4, -0.2) is 11.1 Å². The normalized spacial score (nSPS) is 13.6. The van der Waals surface area contributed by atoms with Crippen molar-refractivity contribution < 1.29 is 9.90 Å². The molecule has 2 rings (SSSR count). The van der Waals surface area contributed by atoms with E-state index in [-0.39, 0.29) is 0 Å². The topological polar surface area (TPSA) is 37.3 Å². The fourth-order valence-electron chi connectivity index (χ4n) is 2.01. The largest absolute Gasteiger partial charge is 0.472 e. The summed E-state index contributed by atoms with van der Waals surface area (Å²) in [6, 6.07) is 3.91. The Bertz CT molecular complexity index is 495. The second-order valence-electron chi connectivity index (χ2n) is 3.86. The number of aliphatic carboxylic acids is 1. The first kappa shape index (κ1) is 11.2. The summed E-state index contributed by atoms with van der Waals surface area (Å²) in [7, 11) is 0. The number of fused-ring (bicyclic) bond motifs is 1. The van der Waals surface area contributed by atoms with Crippen molar-refractivity contribution in [2.24, 2.45) is 0 Å². The van der Waals surface area contributed by atoms with Crippen molar-refractivity contribution in [3.63, 3.8) is 0 Å². The molecule has 0 unspecified atom stereocenters. The molecular weight excluding hydrogens is 268 g/mol. The maximum Gasteiger partial charge on any atom is 0.382 e. The van der Waals surface area contributed by atoms with Gasteiger partial charge in [-0.1, -0.05) is 21.9 Å². The van der Waals surface area contributed by atoms with E-state index in [4.69, 9.17) is 5.11 Å². The summed E-state index contributed by atoms with van der Waals surface area (Å²) in [4.78, 5) is 10.4. The first-order chi connectivity index (χ1) is 7.66. The van der Waals surface area contributed by atoms with Crippen LogP contribution in [0.1, 0.15) is 29.5 Å². The summed E-state index contributed by atoms with van der Waals surface area (Å²) in [6.45, 7) is 0. The molecule has 1 aliphatic carbocycles. The first-order valence-electron chi connectivity index (χ1n) is 5.23. The minimum Gasteiger partial charge on any atom is -0.472 e. The van der Waals surface area contributed by atoms with E-state index < -0.39 is 5.97 Å². The van der Waals surface area contributed by atoms with Crippen molar-refractivity contribution in [2.45, 2.75) is 25.7 Å². The number of hydrogen-bond acceptors (Lipinski definition) is 1. The van der Waals surface area contributed by atoms with Gasteiger partial charge in [0.2, 0.25) is 0 Å². The lowest BCUT2D eigenvalue weighted by Crippen LogP contribution is -2.04. The lowest BCUT2D eigenvalue weighted by molar-refractivity contribution is -0.130. The van der Waals surface area contributed by atoms with Crippen LogP contribution in [0.4, 0.5) is 0 Å². The Morgan fingerprint density at radius 1 is 1.31 bits per heavy atom. The number of rotatable bonds is 0. The molecule has 1 aliphatic rings. The van der Waals surface area contributed by atoms with Gasteiger partial charge >= 0.3 is 5.97 Å². The zero-order valence-electron chi connectivity index (χ0n) is 8.72. The highest BCUT2D eigenvalue weighted by molar-refractivity contribution is 9.10. The molecule has 0 bridgehead atoms. The van der Waals surface area contributed by atoms with E-state index in [2.05, 4.69) is 27.8 Å². The number of aryl methyl sites for hydroxylation is 1. The zero-order valence-corrected chi connectivity index (χ0v) is 10.3. The second kappa shape index (κ2) is 4.71. The maximum absolute atomic E-state index is 10.4. The molecule has 0 heterocycles. The van der Waals surface area contributed by atoms with E-state index in [1.165, 1.54) is 24.0 Å². The Balaban J connectivity index is 2.40. The lowest BCUT2D eigenvalue weighted by atomic mass is 9.90. The van der Waals surface area contributed by atoms with Gasteiger partial charge < -0.3 is 5.11 Å². The van der Waals surface area contributed by atoms with E-state index in [9.17, 15) is 4.79 Å². The van der Waals surface area contributed by atoms with E-state index in [0.29, 0.717) is 0 Å². The van der Waals surface area contributed by atoms with Crippen molar-refractivity contribution in [2.75, 3.05) is 0 Å². The molecule has 0 aliphatic heterocycles. The van der Waals surface area contributed by atoms with Crippen molar-refractivity contribution in [3.05, 3.63) is 33.3 Å². The van der Waals surface area contributed by atoms with Crippen LogP contribution in [-0.2, 0) is 17.6 Å². The highest BCUT2D eigenvalue weighted by Crippen LogP contribution is 2.29. The van der Waals surface area contributed by atoms with E-state index in [0.717, 1.165) is 22.9 Å². The predicted molar refractivity (Wildman–Crippen MR) is 65.3 cm³/mol. The molecular formula is C13H11BrO2. The molecule has 1 N–H and O–H groups in total. The summed E-state index contributed by atoms with van der Waals surface area (Å²) in [5, 5.41) is 8.50. The highest BCUT2D eigenvalue weighted by atomic mass is 79.9. The molecule has 0 radical (unpaired) electrons. The lowest BCUT2D eigenvalue weighted by Gasteiger charge is -2.17. The highest BCUT2D eigenvalue weighted by Gasteiger charge is 2.12. The monoisotopic (exact) mass is 278 g/mol. The molecule has 0 fully saturated rings. The molecule has 2 nitrogen and oxygen atoms in total. The van der Waals surface area contributed by atoms with Crippen molar-refractivity contribution in [1.29, 1.82) is 0 Å². The van der Waals surface area contributed by atoms with E-state index >= 15 is 0 Å². The van der Waals surface area contributed by atoms with Crippen LogP contribution >= 0.6 is 15.9 Å². The van der Waals surface area contributed by atoms with Crippen LogP contribution in [0.3, 0.4) is 0 Å². The van der Waals surface area contributed by atoms with Crippen LogP contribution < -0.4 is 0 Å². The fourth-order valence-corrected chi connectivity index (χ4v) is 2.71. The van der Waals surface area contributed by atoms with E-state index in [1.807, 2.05) is 12.1 Å². The SMILES string of the molecule is O=C(O)C#Cc1cc(Br)c2c(c1)CCCC2. The molecule has 0 saturated carbocycles. The number of benzene rings is 1. The average Bonchev–Trinajstić information content (AvgIpc) is 2.26. The summed E-state index contributed by atoms with van der Waals surface area (Å²) in [5.74, 6) is 3.71. The van der Waals surface area contributed by atoms with Gasteiger partial charge in [0.25, 0.3) is 0 Å². The molecule has 16 heavy (non-hydrogen) atoms.